The first-order valence-corrected chi connectivity index (χ1v) is 6.72. The van der Waals surface area contributed by atoms with Gasteiger partial charge in [0.1, 0.15) is 6.10 Å². The van der Waals surface area contributed by atoms with Crippen LogP contribution in [0.1, 0.15) is 37.1 Å². The fourth-order valence-corrected chi connectivity index (χ4v) is 2.21. The van der Waals surface area contributed by atoms with Crippen molar-refractivity contribution in [3.8, 4) is 0 Å². The lowest BCUT2D eigenvalue weighted by Gasteiger charge is -2.09. The molecule has 2 aromatic heterocycles. The van der Waals surface area contributed by atoms with E-state index < -0.39 is 6.10 Å². The second-order valence-electron chi connectivity index (χ2n) is 5.21. The van der Waals surface area contributed by atoms with E-state index >= 15 is 0 Å². The number of pyridine rings is 1. The van der Waals surface area contributed by atoms with Gasteiger partial charge in [0.15, 0.2) is 0 Å². The molecule has 3 rings (SSSR count). The minimum atomic E-state index is -0.695. The van der Waals surface area contributed by atoms with E-state index in [1.807, 2.05) is 41.2 Å². The van der Waals surface area contributed by atoms with Crippen molar-refractivity contribution in [3.05, 3.63) is 60.0 Å². The standard InChI is InChI=1S/C16H17N3O/c1-11(2)19-10-14(9-18-19)16(20)13-7-12-5-3-4-6-15(12)17-8-13/h3-11,16,20H,1-2H3. The molecule has 0 aliphatic rings. The van der Waals surface area contributed by atoms with E-state index in [0.29, 0.717) is 0 Å². The van der Waals surface area contributed by atoms with Gasteiger partial charge in [0.2, 0.25) is 0 Å². The van der Waals surface area contributed by atoms with Crippen LogP contribution in [0, 0.1) is 0 Å². The maximum Gasteiger partial charge on any atom is 0.109 e. The molecule has 20 heavy (non-hydrogen) atoms. The van der Waals surface area contributed by atoms with Crippen molar-refractivity contribution in [1.29, 1.82) is 0 Å². The molecule has 4 heteroatoms. The minimum Gasteiger partial charge on any atom is -0.383 e. The number of rotatable bonds is 3. The topological polar surface area (TPSA) is 50.9 Å². The average molecular weight is 267 g/mol. The van der Waals surface area contributed by atoms with Crippen LogP contribution in [0.25, 0.3) is 10.9 Å². The number of para-hydroxylation sites is 1. The molecular weight excluding hydrogens is 250 g/mol. The quantitative estimate of drug-likeness (QED) is 0.793. The van der Waals surface area contributed by atoms with Crippen LogP contribution in [0.4, 0.5) is 0 Å². The summed E-state index contributed by atoms with van der Waals surface area (Å²) < 4.78 is 1.84. The average Bonchev–Trinajstić information content (AvgIpc) is 2.96. The SMILES string of the molecule is CC(C)n1cc(C(O)c2cnc3ccccc3c2)cn1. The third kappa shape index (κ3) is 2.30. The molecule has 3 aromatic rings. The largest absolute Gasteiger partial charge is 0.383 e. The van der Waals surface area contributed by atoms with E-state index in [2.05, 4.69) is 23.9 Å². The molecule has 0 fully saturated rings. The molecule has 0 saturated heterocycles. The zero-order chi connectivity index (χ0) is 14.1. The molecule has 0 saturated carbocycles. The Morgan fingerprint density at radius 2 is 1.90 bits per heavy atom. The van der Waals surface area contributed by atoms with Gasteiger partial charge < -0.3 is 5.11 Å². The highest BCUT2D eigenvalue weighted by Gasteiger charge is 2.14. The van der Waals surface area contributed by atoms with Gasteiger partial charge in [-0.3, -0.25) is 9.67 Å². The van der Waals surface area contributed by atoms with Crippen LogP contribution in [0.2, 0.25) is 0 Å². The Bertz CT molecular complexity index is 733. The number of fused-ring (bicyclic) bond motifs is 1. The van der Waals surface area contributed by atoms with Crippen LogP contribution in [0.5, 0.6) is 0 Å². The Hall–Kier alpha value is -2.20. The van der Waals surface area contributed by atoms with Crippen LogP contribution < -0.4 is 0 Å². The van der Waals surface area contributed by atoms with E-state index in [9.17, 15) is 5.11 Å². The van der Waals surface area contributed by atoms with Gasteiger partial charge in [-0.05, 0) is 26.0 Å². The van der Waals surface area contributed by atoms with Crippen molar-refractivity contribution in [2.45, 2.75) is 26.0 Å². The Labute approximate surface area is 117 Å². The van der Waals surface area contributed by atoms with E-state index in [1.54, 1.807) is 12.4 Å². The van der Waals surface area contributed by atoms with Crippen molar-refractivity contribution < 1.29 is 5.11 Å². The molecule has 0 aliphatic heterocycles. The van der Waals surface area contributed by atoms with E-state index in [0.717, 1.165) is 22.0 Å². The molecule has 4 nitrogen and oxygen atoms in total. The third-order valence-electron chi connectivity index (χ3n) is 3.39. The molecule has 0 bridgehead atoms. The number of benzene rings is 1. The smallest absolute Gasteiger partial charge is 0.109 e. The monoisotopic (exact) mass is 267 g/mol. The lowest BCUT2D eigenvalue weighted by Crippen LogP contribution is -2.02. The maximum absolute atomic E-state index is 10.5. The van der Waals surface area contributed by atoms with E-state index in [1.165, 1.54) is 0 Å². The highest BCUT2D eigenvalue weighted by atomic mass is 16.3. The van der Waals surface area contributed by atoms with E-state index in [4.69, 9.17) is 0 Å². The van der Waals surface area contributed by atoms with Gasteiger partial charge in [-0.1, -0.05) is 18.2 Å². The zero-order valence-corrected chi connectivity index (χ0v) is 11.6. The highest BCUT2D eigenvalue weighted by Crippen LogP contribution is 2.24. The Morgan fingerprint density at radius 1 is 1.10 bits per heavy atom. The molecule has 1 aromatic carbocycles. The summed E-state index contributed by atoms with van der Waals surface area (Å²) in [5.74, 6) is 0. The van der Waals surface area contributed by atoms with Gasteiger partial charge in [0.05, 0.1) is 11.7 Å². The number of aliphatic hydroxyl groups is 1. The van der Waals surface area contributed by atoms with Gasteiger partial charge in [-0.2, -0.15) is 5.10 Å². The summed E-state index contributed by atoms with van der Waals surface area (Å²) >= 11 is 0. The Balaban J connectivity index is 1.96. The molecule has 1 unspecified atom stereocenters. The summed E-state index contributed by atoms with van der Waals surface area (Å²) in [6.07, 6.45) is 4.61. The lowest BCUT2D eigenvalue weighted by atomic mass is 10.0. The summed E-state index contributed by atoms with van der Waals surface area (Å²) in [5.41, 5.74) is 2.50. The van der Waals surface area contributed by atoms with Crippen molar-refractivity contribution in [1.82, 2.24) is 14.8 Å². The highest BCUT2D eigenvalue weighted by molar-refractivity contribution is 5.78. The molecule has 1 atom stereocenters. The van der Waals surface area contributed by atoms with Gasteiger partial charge in [-0.15, -0.1) is 0 Å². The number of aliphatic hydroxyl groups excluding tert-OH is 1. The lowest BCUT2D eigenvalue weighted by molar-refractivity contribution is 0.220. The van der Waals surface area contributed by atoms with Crippen LogP contribution in [-0.4, -0.2) is 19.9 Å². The Kier molecular flexibility index (Phi) is 3.24. The minimum absolute atomic E-state index is 0.283. The molecule has 0 aliphatic carbocycles. The fraction of sp³-hybridized carbons (Fsp3) is 0.250. The number of hydrogen-bond acceptors (Lipinski definition) is 3. The summed E-state index contributed by atoms with van der Waals surface area (Å²) in [5, 5.41) is 15.7. The summed E-state index contributed by atoms with van der Waals surface area (Å²) in [6.45, 7) is 4.11. The molecular formula is C16H17N3O. The predicted molar refractivity (Wildman–Crippen MR) is 78.4 cm³/mol. The zero-order valence-electron chi connectivity index (χ0n) is 11.6. The molecule has 0 amide bonds. The predicted octanol–water partition coefficient (Wildman–Crippen LogP) is 3.09. The second kappa shape index (κ2) is 5.06. The first-order chi connectivity index (χ1) is 9.65. The fourth-order valence-electron chi connectivity index (χ4n) is 2.21. The van der Waals surface area contributed by atoms with Gasteiger partial charge in [0, 0.05) is 34.9 Å². The van der Waals surface area contributed by atoms with Gasteiger partial charge in [0.25, 0.3) is 0 Å². The number of aromatic nitrogens is 3. The summed E-state index contributed by atoms with van der Waals surface area (Å²) in [7, 11) is 0. The molecule has 1 N–H and O–H groups in total. The first kappa shape index (κ1) is 12.8. The van der Waals surface area contributed by atoms with Crippen LogP contribution in [0.15, 0.2) is 48.9 Å². The number of nitrogens with zero attached hydrogens (tertiary/aromatic N) is 3. The normalized spacial score (nSPS) is 13.0. The van der Waals surface area contributed by atoms with Gasteiger partial charge in [-0.25, -0.2) is 0 Å². The van der Waals surface area contributed by atoms with Crippen LogP contribution in [-0.2, 0) is 0 Å². The van der Waals surface area contributed by atoms with Crippen molar-refractivity contribution in [3.63, 3.8) is 0 Å². The third-order valence-corrected chi connectivity index (χ3v) is 3.39. The molecule has 102 valence electrons. The first-order valence-electron chi connectivity index (χ1n) is 6.72. The number of hydrogen-bond donors (Lipinski definition) is 1. The second-order valence-corrected chi connectivity index (χ2v) is 5.21. The van der Waals surface area contributed by atoms with Crippen molar-refractivity contribution in [2.75, 3.05) is 0 Å². The van der Waals surface area contributed by atoms with Crippen molar-refractivity contribution >= 4 is 10.9 Å². The molecule has 2 heterocycles. The summed E-state index contributed by atoms with van der Waals surface area (Å²) in [4.78, 5) is 4.38. The Morgan fingerprint density at radius 3 is 2.65 bits per heavy atom. The van der Waals surface area contributed by atoms with E-state index in [-0.39, 0.29) is 6.04 Å². The van der Waals surface area contributed by atoms with Crippen LogP contribution >= 0.6 is 0 Å². The summed E-state index contributed by atoms with van der Waals surface area (Å²) in [6, 6.07) is 10.1. The molecule has 0 spiro atoms. The molecule has 0 radical (unpaired) electrons. The van der Waals surface area contributed by atoms with Crippen LogP contribution in [0.3, 0.4) is 0 Å². The van der Waals surface area contributed by atoms with Crippen molar-refractivity contribution in [2.24, 2.45) is 0 Å². The maximum atomic E-state index is 10.5. The van der Waals surface area contributed by atoms with Gasteiger partial charge >= 0.3 is 0 Å².